The Morgan fingerprint density at radius 3 is 2.44 bits per heavy atom. The molecule has 2 aromatic carbocycles. The Labute approximate surface area is 146 Å². The van der Waals surface area contributed by atoms with Gasteiger partial charge in [0.05, 0.1) is 0 Å². The molecular weight excluding hydrogens is 318 g/mol. The van der Waals surface area contributed by atoms with E-state index in [1.165, 1.54) is 0 Å². The third-order valence-electron chi connectivity index (χ3n) is 3.12. The Morgan fingerprint density at radius 1 is 1.04 bits per heavy atom. The first-order valence-corrected chi connectivity index (χ1v) is 7.73. The number of nitrogens with one attached hydrogen (secondary N) is 2. The molecule has 0 aliphatic carbocycles. The van der Waals surface area contributed by atoms with Gasteiger partial charge < -0.3 is 21.1 Å². The standard InChI is InChI=1S/C19H19N3O3/c20-18(23)22-17-11-9-15(10-12-17)6-4-5-13-21-19(24)25-14-16-7-2-1-3-8-16/h1-3,7-12H,5,13-14H2,(H,21,24)(H3,20,22,23). The first kappa shape index (κ1) is 17.9. The van der Waals surface area contributed by atoms with Gasteiger partial charge >= 0.3 is 12.1 Å². The molecule has 128 valence electrons. The van der Waals surface area contributed by atoms with Gasteiger partial charge in [0.15, 0.2) is 0 Å². The number of primary amides is 1. The second-order valence-electron chi connectivity index (χ2n) is 5.11. The summed E-state index contributed by atoms with van der Waals surface area (Å²) in [6, 6.07) is 15.9. The largest absolute Gasteiger partial charge is 0.445 e. The SMILES string of the molecule is NC(=O)Nc1ccc(C#CCCNC(=O)OCc2ccccc2)cc1. The molecule has 0 saturated carbocycles. The Balaban J connectivity index is 1.66. The van der Waals surface area contributed by atoms with Gasteiger partial charge in [-0.3, -0.25) is 0 Å². The average Bonchev–Trinajstić information content (AvgIpc) is 2.61. The van der Waals surface area contributed by atoms with E-state index in [0.717, 1.165) is 11.1 Å². The van der Waals surface area contributed by atoms with Gasteiger partial charge in [-0.15, -0.1) is 0 Å². The van der Waals surface area contributed by atoms with E-state index in [-0.39, 0.29) is 6.61 Å². The predicted molar refractivity (Wildman–Crippen MR) is 95.8 cm³/mol. The molecule has 0 aliphatic rings. The third-order valence-corrected chi connectivity index (χ3v) is 3.12. The van der Waals surface area contributed by atoms with E-state index in [4.69, 9.17) is 10.5 Å². The summed E-state index contributed by atoms with van der Waals surface area (Å²) in [6.07, 6.45) is 0.0365. The number of benzene rings is 2. The smallest absolute Gasteiger partial charge is 0.407 e. The van der Waals surface area contributed by atoms with E-state index in [1.807, 2.05) is 30.3 Å². The number of anilines is 1. The van der Waals surface area contributed by atoms with Crippen LogP contribution < -0.4 is 16.4 Å². The summed E-state index contributed by atoms with van der Waals surface area (Å²) in [5, 5.41) is 5.12. The maximum Gasteiger partial charge on any atom is 0.407 e. The van der Waals surface area contributed by atoms with E-state index in [9.17, 15) is 9.59 Å². The van der Waals surface area contributed by atoms with Crippen molar-refractivity contribution in [1.82, 2.24) is 5.32 Å². The first-order chi connectivity index (χ1) is 12.1. The summed E-state index contributed by atoms with van der Waals surface area (Å²) in [6.45, 7) is 0.645. The number of rotatable bonds is 5. The first-order valence-electron chi connectivity index (χ1n) is 7.73. The van der Waals surface area contributed by atoms with Crippen molar-refractivity contribution in [3.05, 3.63) is 65.7 Å². The Hall–Kier alpha value is -3.46. The minimum absolute atomic E-state index is 0.240. The highest BCUT2D eigenvalue weighted by molar-refractivity contribution is 5.87. The zero-order valence-electron chi connectivity index (χ0n) is 13.6. The maximum atomic E-state index is 11.5. The number of urea groups is 1. The van der Waals surface area contributed by atoms with Crippen LogP contribution in [0.2, 0.25) is 0 Å². The topological polar surface area (TPSA) is 93.5 Å². The van der Waals surface area contributed by atoms with Crippen molar-refractivity contribution < 1.29 is 14.3 Å². The minimum atomic E-state index is -0.607. The van der Waals surface area contributed by atoms with Crippen LogP contribution in [0.25, 0.3) is 0 Å². The van der Waals surface area contributed by atoms with Gasteiger partial charge in [-0.2, -0.15) is 0 Å². The number of hydrogen-bond donors (Lipinski definition) is 3. The number of hydrogen-bond acceptors (Lipinski definition) is 3. The van der Waals surface area contributed by atoms with Crippen LogP contribution in [0.1, 0.15) is 17.5 Å². The second kappa shape index (κ2) is 9.63. The summed E-state index contributed by atoms with van der Waals surface area (Å²) in [5.74, 6) is 5.93. The summed E-state index contributed by atoms with van der Waals surface area (Å²) in [7, 11) is 0. The molecule has 25 heavy (non-hydrogen) atoms. The third kappa shape index (κ3) is 7.10. The number of alkyl carbamates (subject to hydrolysis) is 1. The quantitative estimate of drug-likeness (QED) is 0.578. The lowest BCUT2D eigenvalue weighted by Gasteiger charge is -2.05. The van der Waals surface area contributed by atoms with Crippen molar-refractivity contribution in [2.75, 3.05) is 11.9 Å². The van der Waals surface area contributed by atoms with Gasteiger partial charge in [-0.25, -0.2) is 9.59 Å². The Kier molecular flexibility index (Phi) is 6.89. The summed E-state index contributed by atoms with van der Waals surface area (Å²) in [4.78, 5) is 22.3. The minimum Gasteiger partial charge on any atom is -0.445 e. The lowest BCUT2D eigenvalue weighted by molar-refractivity contribution is 0.140. The predicted octanol–water partition coefficient (Wildman–Crippen LogP) is 2.85. The van der Waals surface area contributed by atoms with Crippen LogP contribution in [0.4, 0.5) is 15.3 Å². The van der Waals surface area contributed by atoms with Crippen LogP contribution in [-0.4, -0.2) is 18.7 Å². The summed E-state index contributed by atoms with van der Waals surface area (Å²) < 4.78 is 5.09. The molecule has 6 heteroatoms. The molecule has 0 unspecified atom stereocenters. The van der Waals surface area contributed by atoms with Crippen molar-refractivity contribution in [2.45, 2.75) is 13.0 Å². The Morgan fingerprint density at radius 2 is 1.76 bits per heavy atom. The molecule has 0 atom stereocenters. The van der Waals surface area contributed by atoms with Crippen molar-refractivity contribution in [3.8, 4) is 11.8 Å². The van der Waals surface area contributed by atoms with Gasteiger partial charge in [-0.1, -0.05) is 42.2 Å². The molecule has 0 radical (unpaired) electrons. The zero-order valence-corrected chi connectivity index (χ0v) is 13.6. The molecule has 0 aromatic heterocycles. The van der Waals surface area contributed by atoms with E-state index in [2.05, 4.69) is 22.5 Å². The summed E-state index contributed by atoms with van der Waals surface area (Å²) >= 11 is 0. The molecule has 4 N–H and O–H groups in total. The number of carbonyl (C=O) groups is 2. The van der Waals surface area contributed by atoms with Gasteiger partial charge in [0.1, 0.15) is 6.61 Å². The van der Waals surface area contributed by atoms with Crippen LogP contribution >= 0.6 is 0 Å². The normalized spacial score (nSPS) is 9.44. The number of nitrogens with two attached hydrogens (primary N) is 1. The molecule has 0 spiro atoms. The van der Waals surface area contributed by atoms with Gasteiger partial charge in [0, 0.05) is 24.2 Å². The maximum absolute atomic E-state index is 11.5. The Bertz CT molecular complexity index is 762. The zero-order chi connectivity index (χ0) is 17.9. The number of carbonyl (C=O) groups excluding carboxylic acids is 2. The fraction of sp³-hybridized carbons (Fsp3) is 0.158. The molecule has 3 amide bonds. The van der Waals surface area contributed by atoms with Crippen molar-refractivity contribution in [1.29, 1.82) is 0 Å². The summed E-state index contributed by atoms with van der Waals surface area (Å²) in [5.41, 5.74) is 7.39. The molecule has 6 nitrogen and oxygen atoms in total. The molecule has 2 rings (SSSR count). The second-order valence-corrected chi connectivity index (χ2v) is 5.11. The molecule has 2 aromatic rings. The lowest BCUT2D eigenvalue weighted by atomic mass is 10.2. The molecular formula is C19H19N3O3. The number of amides is 3. The van der Waals surface area contributed by atoms with Crippen LogP contribution in [0, 0.1) is 11.8 Å². The molecule has 0 bridgehead atoms. The van der Waals surface area contributed by atoms with Crippen LogP contribution in [0.3, 0.4) is 0 Å². The van der Waals surface area contributed by atoms with Crippen molar-refractivity contribution in [2.24, 2.45) is 5.73 Å². The highest BCUT2D eigenvalue weighted by Crippen LogP contribution is 2.08. The molecule has 0 saturated heterocycles. The van der Waals surface area contributed by atoms with Crippen molar-refractivity contribution >= 4 is 17.8 Å². The molecule has 0 aliphatic heterocycles. The highest BCUT2D eigenvalue weighted by Gasteiger charge is 2.00. The lowest BCUT2D eigenvalue weighted by Crippen LogP contribution is -2.24. The fourth-order valence-electron chi connectivity index (χ4n) is 1.94. The highest BCUT2D eigenvalue weighted by atomic mass is 16.5. The van der Waals surface area contributed by atoms with E-state index in [1.54, 1.807) is 24.3 Å². The van der Waals surface area contributed by atoms with E-state index < -0.39 is 12.1 Å². The van der Waals surface area contributed by atoms with Crippen LogP contribution in [0.15, 0.2) is 54.6 Å². The van der Waals surface area contributed by atoms with Gasteiger partial charge in [-0.05, 0) is 29.8 Å². The molecule has 0 fully saturated rings. The van der Waals surface area contributed by atoms with Crippen LogP contribution in [-0.2, 0) is 11.3 Å². The monoisotopic (exact) mass is 337 g/mol. The van der Waals surface area contributed by atoms with Gasteiger partial charge in [0.25, 0.3) is 0 Å². The van der Waals surface area contributed by atoms with E-state index >= 15 is 0 Å². The number of ether oxygens (including phenoxy) is 1. The van der Waals surface area contributed by atoms with Crippen LogP contribution in [0.5, 0.6) is 0 Å². The fourth-order valence-corrected chi connectivity index (χ4v) is 1.94. The molecule has 0 heterocycles. The van der Waals surface area contributed by atoms with Crippen molar-refractivity contribution in [3.63, 3.8) is 0 Å². The van der Waals surface area contributed by atoms with E-state index in [0.29, 0.717) is 18.7 Å². The van der Waals surface area contributed by atoms with Gasteiger partial charge in [0.2, 0.25) is 0 Å². The average molecular weight is 337 g/mol.